The fourth-order valence-corrected chi connectivity index (χ4v) is 6.83. The first-order valence-electron chi connectivity index (χ1n) is 9.99. The van der Waals surface area contributed by atoms with Crippen LogP contribution in [0.1, 0.15) is 30.8 Å². The maximum absolute atomic E-state index is 13.1. The molecule has 0 radical (unpaired) electrons. The molecule has 0 saturated heterocycles. The number of nitrogens with one attached hydrogen (secondary N) is 1. The van der Waals surface area contributed by atoms with Crippen LogP contribution in [0.25, 0.3) is 5.69 Å². The summed E-state index contributed by atoms with van der Waals surface area (Å²) in [6, 6.07) is 4.30. The number of rotatable bonds is 9. The van der Waals surface area contributed by atoms with Gasteiger partial charge in [-0.25, -0.2) is 13.2 Å². The van der Waals surface area contributed by atoms with Gasteiger partial charge in [-0.3, -0.25) is 9.29 Å². The Labute approximate surface area is 196 Å². The van der Waals surface area contributed by atoms with Gasteiger partial charge < -0.3 is 9.47 Å². The maximum atomic E-state index is 13.1. The van der Waals surface area contributed by atoms with Gasteiger partial charge in [-0.05, 0) is 44.1 Å². The molecule has 11 heteroatoms. The van der Waals surface area contributed by atoms with E-state index in [1.54, 1.807) is 11.8 Å². The lowest BCUT2D eigenvalue weighted by Gasteiger charge is -2.16. The van der Waals surface area contributed by atoms with E-state index in [0.717, 1.165) is 27.0 Å². The van der Waals surface area contributed by atoms with Gasteiger partial charge in [0.25, 0.3) is 10.0 Å². The molecule has 8 nitrogen and oxygen atoms in total. The molecule has 0 bridgehead atoms. The zero-order chi connectivity index (χ0) is 23.6. The number of anilines is 1. The molecule has 2 aliphatic rings. The van der Waals surface area contributed by atoms with Crippen LogP contribution in [0.4, 0.5) is 5.82 Å². The molecule has 1 N–H and O–H groups in total. The highest BCUT2D eigenvalue weighted by atomic mass is 32.2. The molecular formula is C21H27N3O5S3. The zero-order valence-corrected chi connectivity index (χ0v) is 21.3. The predicted molar refractivity (Wildman–Crippen MR) is 129 cm³/mol. The minimum atomic E-state index is -4.03. The van der Waals surface area contributed by atoms with Gasteiger partial charge in [0, 0.05) is 16.6 Å². The number of thioether (sulfide) groups is 1. The Kier molecular flexibility index (Phi) is 7.41. The van der Waals surface area contributed by atoms with Crippen LogP contribution >= 0.6 is 23.1 Å². The molecular weight excluding hydrogens is 470 g/mol. The summed E-state index contributed by atoms with van der Waals surface area (Å²) >= 11 is 3.15. The number of hydrogen-bond donors (Lipinski definition) is 1. The van der Waals surface area contributed by atoms with Crippen LogP contribution in [0.3, 0.4) is 0 Å². The van der Waals surface area contributed by atoms with Crippen LogP contribution in [0.15, 0.2) is 32.1 Å². The van der Waals surface area contributed by atoms with Crippen LogP contribution in [-0.4, -0.2) is 37.9 Å². The second-order valence-electron chi connectivity index (χ2n) is 7.61. The number of nitrogens with zero attached hydrogens (tertiary/aromatic N) is 2. The van der Waals surface area contributed by atoms with Gasteiger partial charge in [0.05, 0.1) is 23.3 Å². The van der Waals surface area contributed by atoms with Crippen molar-refractivity contribution in [1.29, 1.82) is 0 Å². The van der Waals surface area contributed by atoms with E-state index in [1.807, 2.05) is 13.8 Å². The molecule has 1 aromatic carbocycles. The van der Waals surface area contributed by atoms with E-state index in [-0.39, 0.29) is 16.5 Å². The van der Waals surface area contributed by atoms with Gasteiger partial charge in [-0.2, -0.15) is 4.98 Å². The SMILES string of the molecule is COc1ccc(S(=O)(=O)Nc2nc(=O)n3c(C)c(C)sc(SCCC(C)C)c2-3)cc1OC. The number of aryl methyl sites for hydroxylation is 1. The van der Waals surface area contributed by atoms with Crippen LogP contribution in [0.2, 0.25) is 0 Å². The Morgan fingerprint density at radius 2 is 1.88 bits per heavy atom. The molecule has 0 spiro atoms. The van der Waals surface area contributed by atoms with Gasteiger partial charge in [-0.1, -0.05) is 13.8 Å². The first-order chi connectivity index (χ1) is 15.1. The monoisotopic (exact) mass is 497 g/mol. The normalized spacial score (nSPS) is 11.8. The molecule has 3 rings (SSSR count). The fraction of sp³-hybridized carbons (Fsp3) is 0.429. The van der Waals surface area contributed by atoms with Gasteiger partial charge in [0.2, 0.25) is 0 Å². The molecule has 0 aliphatic carbocycles. The fourth-order valence-electron chi connectivity index (χ4n) is 3.04. The molecule has 32 heavy (non-hydrogen) atoms. The van der Waals surface area contributed by atoms with E-state index in [2.05, 4.69) is 23.6 Å². The minimum absolute atomic E-state index is 0.0229. The van der Waals surface area contributed by atoms with Crippen molar-refractivity contribution in [2.45, 2.75) is 43.2 Å². The van der Waals surface area contributed by atoms with Gasteiger partial charge >= 0.3 is 5.69 Å². The summed E-state index contributed by atoms with van der Waals surface area (Å²) < 4.78 is 41.5. The van der Waals surface area contributed by atoms with Crippen molar-refractivity contribution in [3.05, 3.63) is 39.3 Å². The molecule has 0 unspecified atom stereocenters. The van der Waals surface area contributed by atoms with Crippen molar-refractivity contribution in [2.24, 2.45) is 5.92 Å². The first kappa shape index (κ1) is 24.4. The van der Waals surface area contributed by atoms with E-state index in [1.165, 1.54) is 48.3 Å². The molecule has 1 aromatic rings. The topological polar surface area (TPSA) is 99.5 Å². The third kappa shape index (κ3) is 4.89. The number of aromatic nitrogens is 2. The van der Waals surface area contributed by atoms with E-state index < -0.39 is 15.7 Å². The third-order valence-electron chi connectivity index (χ3n) is 4.96. The third-order valence-corrected chi connectivity index (χ3v) is 8.77. The Morgan fingerprint density at radius 3 is 2.50 bits per heavy atom. The Balaban J connectivity index is 2.06. The van der Waals surface area contributed by atoms with Gasteiger partial charge in [-0.15, -0.1) is 23.1 Å². The number of fused-ring (bicyclic) bond motifs is 1. The van der Waals surface area contributed by atoms with Gasteiger partial charge in [0.1, 0.15) is 5.69 Å². The molecule has 0 amide bonds. The summed E-state index contributed by atoms with van der Waals surface area (Å²) in [5.74, 6) is 2.12. The number of sulfonamides is 1. The highest BCUT2D eigenvalue weighted by Crippen LogP contribution is 2.39. The number of methoxy groups -OCH3 is 2. The summed E-state index contributed by atoms with van der Waals surface area (Å²) in [4.78, 5) is 17.7. The lowest BCUT2D eigenvalue weighted by atomic mass is 10.2. The first-order valence-corrected chi connectivity index (χ1v) is 13.3. The Morgan fingerprint density at radius 1 is 1.19 bits per heavy atom. The Bertz CT molecular complexity index is 1250. The highest BCUT2D eigenvalue weighted by molar-refractivity contribution is 8.01. The average molecular weight is 498 g/mol. The molecule has 0 aromatic heterocycles. The van der Waals surface area contributed by atoms with E-state index >= 15 is 0 Å². The lowest BCUT2D eigenvalue weighted by Crippen LogP contribution is -2.17. The predicted octanol–water partition coefficient (Wildman–Crippen LogP) is 4.30. The van der Waals surface area contributed by atoms with E-state index in [0.29, 0.717) is 17.4 Å². The molecule has 0 saturated carbocycles. The molecule has 174 valence electrons. The number of ether oxygens (including phenoxy) is 2. The minimum Gasteiger partial charge on any atom is -0.493 e. The summed E-state index contributed by atoms with van der Waals surface area (Å²) in [6.45, 7) is 8.07. The number of imidazole rings is 1. The van der Waals surface area contributed by atoms with Crippen molar-refractivity contribution in [3.8, 4) is 17.2 Å². The second-order valence-corrected chi connectivity index (χ2v) is 11.9. The molecule has 0 fully saturated rings. The average Bonchev–Trinajstić information content (AvgIpc) is 3.06. The lowest BCUT2D eigenvalue weighted by molar-refractivity contribution is 0.354. The van der Waals surface area contributed by atoms with Crippen molar-refractivity contribution >= 4 is 38.9 Å². The zero-order valence-electron chi connectivity index (χ0n) is 18.9. The molecule has 2 heterocycles. The molecule has 0 atom stereocenters. The standard InChI is InChI=1S/C21H27N3O5S3/c1-12(2)9-10-30-20-18-19(22-21(25)24(18)13(3)14(4)31-20)23-32(26,27)15-7-8-16(28-5)17(11-15)29-6/h7-8,11-12H,9-10H2,1-6H3,(H,22,23,25). The summed E-state index contributed by atoms with van der Waals surface area (Å²) in [6.07, 6.45) is 1.00. The second kappa shape index (κ2) is 9.72. The van der Waals surface area contributed by atoms with Crippen LogP contribution in [-0.2, 0) is 10.0 Å². The largest absolute Gasteiger partial charge is 0.493 e. The summed E-state index contributed by atoms with van der Waals surface area (Å²) in [5, 5.41) is 0. The quantitative estimate of drug-likeness (QED) is 0.440. The van der Waals surface area contributed by atoms with Gasteiger partial charge in [0.15, 0.2) is 17.3 Å². The van der Waals surface area contributed by atoms with Crippen molar-refractivity contribution in [3.63, 3.8) is 0 Å². The number of benzene rings is 1. The summed E-state index contributed by atoms with van der Waals surface area (Å²) in [7, 11) is -1.12. The van der Waals surface area contributed by atoms with Crippen molar-refractivity contribution in [1.82, 2.24) is 9.55 Å². The van der Waals surface area contributed by atoms with E-state index in [4.69, 9.17) is 9.47 Å². The number of hydrogen-bond acceptors (Lipinski definition) is 8. The van der Waals surface area contributed by atoms with Crippen molar-refractivity contribution in [2.75, 3.05) is 24.7 Å². The van der Waals surface area contributed by atoms with Crippen LogP contribution < -0.4 is 19.9 Å². The summed E-state index contributed by atoms with van der Waals surface area (Å²) in [5.41, 5.74) is 0.720. The van der Waals surface area contributed by atoms with E-state index in [9.17, 15) is 13.2 Å². The smallest absolute Gasteiger partial charge is 0.354 e. The Hall–Kier alpha value is -2.24. The van der Waals surface area contributed by atoms with Crippen LogP contribution in [0, 0.1) is 19.8 Å². The van der Waals surface area contributed by atoms with Crippen LogP contribution in [0.5, 0.6) is 11.5 Å². The maximum Gasteiger partial charge on any atom is 0.354 e. The molecule has 2 aliphatic heterocycles. The highest BCUT2D eigenvalue weighted by Gasteiger charge is 2.27. The van der Waals surface area contributed by atoms with Crippen molar-refractivity contribution < 1.29 is 17.9 Å².